The molecule has 0 aromatic heterocycles. The summed E-state index contributed by atoms with van der Waals surface area (Å²) >= 11 is 5.97. The molecule has 5 nitrogen and oxygen atoms in total. The maximum atomic E-state index is 12.6. The second-order valence-corrected chi connectivity index (χ2v) is 6.17. The van der Waals surface area contributed by atoms with Crippen molar-refractivity contribution in [2.24, 2.45) is 5.92 Å². The van der Waals surface area contributed by atoms with Gasteiger partial charge in [-0.3, -0.25) is 10.2 Å². The Hall–Kier alpha value is -2.08. The Morgan fingerprint density at radius 3 is 2.79 bits per heavy atom. The maximum absolute atomic E-state index is 12.6. The molecule has 24 heavy (non-hydrogen) atoms. The highest BCUT2D eigenvalue weighted by Crippen LogP contribution is 2.26. The molecule has 1 fully saturated rings. The molecule has 0 spiro atoms. The number of benzene rings is 2. The van der Waals surface area contributed by atoms with Gasteiger partial charge in [-0.1, -0.05) is 35.9 Å². The van der Waals surface area contributed by atoms with Crippen molar-refractivity contribution in [1.82, 2.24) is 16.2 Å². The number of amides is 1. The number of hydrogen-bond donors (Lipinski definition) is 3. The highest BCUT2D eigenvalue weighted by molar-refractivity contribution is 6.30. The van der Waals surface area contributed by atoms with Gasteiger partial charge in [0.25, 0.3) is 0 Å². The van der Waals surface area contributed by atoms with Crippen molar-refractivity contribution in [2.45, 2.75) is 12.6 Å². The minimum atomic E-state index is -0.183. The summed E-state index contributed by atoms with van der Waals surface area (Å²) < 4.78 is 5.18. The fraction of sp³-hybridized carbons (Fsp3) is 0.278. The highest BCUT2D eigenvalue weighted by Gasteiger charge is 2.33. The fourth-order valence-corrected chi connectivity index (χ4v) is 3.05. The van der Waals surface area contributed by atoms with Gasteiger partial charge in [0.2, 0.25) is 5.91 Å². The Morgan fingerprint density at radius 2 is 2.08 bits per heavy atom. The lowest BCUT2D eigenvalue weighted by Gasteiger charge is -2.19. The zero-order valence-corrected chi connectivity index (χ0v) is 14.1. The van der Waals surface area contributed by atoms with Crippen LogP contribution < -0.4 is 20.9 Å². The first-order valence-electron chi connectivity index (χ1n) is 7.82. The first kappa shape index (κ1) is 16.8. The Balaban J connectivity index is 1.64. The summed E-state index contributed by atoms with van der Waals surface area (Å²) in [6.45, 7) is 1.04. The molecule has 0 radical (unpaired) electrons. The lowest BCUT2D eigenvalue weighted by Crippen LogP contribution is -2.34. The van der Waals surface area contributed by atoms with Crippen LogP contribution in [0.5, 0.6) is 5.75 Å². The number of carbonyl (C=O) groups is 1. The maximum Gasteiger partial charge on any atom is 0.226 e. The minimum Gasteiger partial charge on any atom is -0.497 e. The van der Waals surface area contributed by atoms with Crippen LogP contribution in [0.3, 0.4) is 0 Å². The van der Waals surface area contributed by atoms with Gasteiger partial charge in [-0.2, -0.15) is 0 Å². The zero-order chi connectivity index (χ0) is 16.9. The largest absolute Gasteiger partial charge is 0.497 e. The third-order valence-corrected chi connectivity index (χ3v) is 4.38. The lowest BCUT2D eigenvalue weighted by atomic mass is 9.94. The Bertz CT molecular complexity index is 706. The number of rotatable bonds is 5. The van der Waals surface area contributed by atoms with E-state index in [4.69, 9.17) is 16.3 Å². The molecule has 6 heteroatoms. The molecule has 2 atom stereocenters. The van der Waals surface area contributed by atoms with E-state index in [9.17, 15) is 4.79 Å². The van der Waals surface area contributed by atoms with Crippen molar-refractivity contribution < 1.29 is 9.53 Å². The van der Waals surface area contributed by atoms with Gasteiger partial charge in [0, 0.05) is 18.1 Å². The summed E-state index contributed by atoms with van der Waals surface area (Å²) in [5.41, 5.74) is 8.28. The summed E-state index contributed by atoms with van der Waals surface area (Å²) in [6.07, 6.45) is 0. The normalized spacial score (nSPS) is 19.9. The van der Waals surface area contributed by atoms with Crippen LogP contribution in [0.4, 0.5) is 0 Å². The lowest BCUT2D eigenvalue weighted by molar-refractivity contribution is -0.125. The summed E-state index contributed by atoms with van der Waals surface area (Å²) in [7, 11) is 1.64. The molecule has 0 bridgehead atoms. The predicted molar refractivity (Wildman–Crippen MR) is 93.7 cm³/mol. The fourth-order valence-electron chi connectivity index (χ4n) is 2.84. The van der Waals surface area contributed by atoms with Crippen LogP contribution in [0.15, 0.2) is 48.5 Å². The van der Waals surface area contributed by atoms with E-state index in [-0.39, 0.29) is 17.9 Å². The van der Waals surface area contributed by atoms with Crippen molar-refractivity contribution >= 4 is 17.5 Å². The molecule has 3 rings (SSSR count). The molecular weight excluding hydrogens is 326 g/mol. The SMILES string of the molecule is COc1ccc(C2NNCC2C(=O)NCc2cccc(Cl)c2)cc1. The number of hydrogen-bond acceptors (Lipinski definition) is 4. The van der Waals surface area contributed by atoms with Crippen LogP contribution in [0.2, 0.25) is 5.02 Å². The highest BCUT2D eigenvalue weighted by atomic mass is 35.5. The average Bonchev–Trinajstić information content (AvgIpc) is 3.09. The molecular formula is C18H20ClN3O2. The van der Waals surface area contributed by atoms with Gasteiger partial charge < -0.3 is 10.1 Å². The van der Waals surface area contributed by atoms with E-state index in [1.807, 2.05) is 48.5 Å². The van der Waals surface area contributed by atoms with Gasteiger partial charge in [0.15, 0.2) is 0 Å². The zero-order valence-electron chi connectivity index (χ0n) is 13.4. The number of halogens is 1. The summed E-state index contributed by atoms with van der Waals surface area (Å²) in [6, 6.07) is 15.2. The van der Waals surface area contributed by atoms with Crippen molar-refractivity contribution in [3.8, 4) is 5.75 Å². The van der Waals surface area contributed by atoms with Crippen LogP contribution in [0.25, 0.3) is 0 Å². The molecule has 0 saturated carbocycles. The van der Waals surface area contributed by atoms with Crippen LogP contribution in [0, 0.1) is 5.92 Å². The van der Waals surface area contributed by atoms with E-state index in [0.29, 0.717) is 18.1 Å². The van der Waals surface area contributed by atoms with Gasteiger partial charge in [-0.15, -0.1) is 0 Å². The molecule has 1 amide bonds. The Kier molecular flexibility index (Phi) is 5.35. The van der Waals surface area contributed by atoms with E-state index >= 15 is 0 Å². The van der Waals surface area contributed by atoms with Crippen LogP contribution in [-0.2, 0) is 11.3 Å². The second-order valence-electron chi connectivity index (χ2n) is 5.73. The van der Waals surface area contributed by atoms with Crippen molar-refractivity contribution in [3.63, 3.8) is 0 Å². The molecule has 1 aliphatic heterocycles. The van der Waals surface area contributed by atoms with E-state index in [1.165, 1.54) is 0 Å². The summed E-state index contributed by atoms with van der Waals surface area (Å²) in [5, 5.41) is 3.66. The van der Waals surface area contributed by atoms with Gasteiger partial charge in [0.05, 0.1) is 19.1 Å². The van der Waals surface area contributed by atoms with Crippen molar-refractivity contribution in [2.75, 3.05) is 13.7 Å². The van der Waals surface area contributed by atoms with Crippen LogP contribution in [0.1, 0.15) is 17.2 Å². The van der Waals surface area contributed by atoms with Crippen LogP contribution in [-0.4, -0.2) is 19.6 Å². The molecule has 0 aliphatic carbocycles. The molecule has 2 aromatic carbocycles. The molecule has 1 saturated heterocycles. The summed E-state index contributed by atoms with van der Waals surface area (Å²) in [5.74, 6) is 0.623. The Labute approximate surface area is 146 Å². The van der Waals surface area contributed by atoms with Gasteiger partial charge in [0.1, 0.15) is 5.75 Å². The first-order valence-corrected chi connectivity index (χ1v) is 8.19. The molecule has 1 heterocycles. The third-order valence-electron chi connectivity index (χ3n) is 4.15. The number of methoxy groups -OCH3 is 1. The molecule has 3 N–H and O–H groups in total. The van der Waals surface area contributed by atoms with Gasteiger partial charge in [-0.05, 0) is 35.4 Å². The number of carbonyl (C=O) groups excluding carboxylic acids is 1. The van der Waals surface area contributed by atoms with Crippen molar-refractivity contribution in [3.05, 3.63) is 64.7 Å². The molecule has 126 valence electrons. The third kappa shape index (κ3) is 3.87. The van der Waals surface area contributed by atoms with Gasteiger partial charge in [-0.25, -0.2) is 5.43 Å². The first-order chi connectivity index (χ1) is 11.7. The van der Waals surface area contributed by atoms with E-state index in [0.717, 1.165) is 16.9 Å². The topological polar surface area (TPSA) is 62.4 Å². The molecule has 2 aromatic rings. The monoisotopic (exact) mass is 345 g/mol. The summed E-state index contributed by atoms with van der Waals surface area (Å²) in [4.78, 5) is 12.6. The van der Waals surface area contributed by atoms with E-state index < -0.39 is 0 Å². The minimum absolute atomic E-state index is 0.00768. The average molecular weight is 346 g/mol. The predicted octanol–water partition coefficient (Wildman–Crippen LogP) is 2.43. The van der Waals surface area contributed by atoms with Crippen LogP contribution >= 0.6 is 11.6 Å². The smallest absolute Gasteiger partial charge is 0.226 e. The number of hydrazine groups is 1. The van der Waals surface area contributed by atoms with Crippen molar-refractivity contribution in [1.29, 1.82) is 0 Å². The quantitative estimate of drug-likeness (QED) is 0.779. The van der Waals surface area contributed by atoms with E-state index in [2.05, 4.69) is 16.2 Å². The second kappa shape index (κ2) is 7.66. The molecule has 1 aliphatic rings. The van der Waals surface area contributed by atoms with Gasteiger partial charge >= 0.3 is 0 Å². The van der Waals surface area contributed by atoms with E-state index in [1.54, 1.807) is 7.11 Å². The molecule has 2 unspecified atom stereocenters. The number of nitrogens with one attached hydrogen (secondary N) is 3. The number of ether oxygens (including phenoxy) is 1. The standard InChI is InChI=1S/C18H20ClN3O2/c1-24-15-7-5-13(6-8-15)17-16(11-21-22-17)18(23)20-10-12-3-2-4-14(19)9-12/h2-9,16-17,21-22H,10-11H2,1H3,(H,20,23). The Morgan fingerprint density at radius 1 is 1.29 bits per heavy atom.